The van der Waals surface area contributed by atoms with Crippen LogP contribution in [0.4, 0.5) is 10.2 Å². The highest BCUT2D eigenvalue weighted by atomic mass is 32.2. The first kappa shape index (κ1) is 22.0. The lowest BCUT2D eigenvalue weighted by Crippen LogP contribution is -2.49. The highest BCUT2D eigenvalue weighted by Gasteiger charge is 2.30. The van der Waals surface area contributed by atoms with Crippen LogP contribution in [0.2, 0.25) is 0 Å². The molecule has 0 N–H and O–H groups in total. The Morgan fingerprint density at radius 2 is 1.66 bits per heavy atom. The molecule has 168 valence electrons. The summed E-state index contributed by atoms with van der Waals surface area (Å²) in [7, 11) is -0.711. The number of hydrogen-bond acceptors (Lipinski definition) is 7. The van der Waals surface area contributed by atoms with Gasteiger partial charge < -0.3 is 14.4 Å². The summed E-state index contributed by atoms with van der Waals surface area (Å²) in [5.41, 5.74) is 1.39. The van der Waals surface area contributed by atoms with Crippen LogP contribution in [-0.4, -0.2) is 63.3 Å². The van der Waals surface area contributed by atoms with E-state index < -0.39 is 15.8 Å². The van der Waals surface area contributed by atoms with Gasteiger partial charge in [-0.15, -0.1) is 10.2 Å². The maximum atomic E-state index is 14.0. The van der Waals surface area contributed by atoms with Crippen LogP contribution in [0, 0.1) is 5.82 Å². The lowest BCUT2D eigenvalue weighted by Gasteiger charge is -2.34. The Morgan fingerprint density at radius 1 is 0.906 bits per heavy atom. The van der Waals surface area contributed by atoms with Crippen molar-refractivity contribution >= 4 is 15.8 Å². The Labute approximate surface area is 186 Å². The maximum absolute atomic E-state index is 14.0. The van der Waals surface area contributed by atoms with Crippen LogP contribution in [0.25, 0.3) is 11.3 Å². The number of piperazine rings is 1. The summed E-state index contributed by atoms with van der Waals surface area (Å²) < 4.78 is 51.6. The van der Waals surface area contributed by atoms with Crippen molar-refractivity contribution in [2.75, 3.05) is 45.3 Å². The minimum absolute atomic E-state index is 0.226. The zero-order chi connectivity index (χ0) is 22.7. The lowest BCUT2D eigenvalue weighted by molar-refractivity contribution is 0.381. The van der Waals surface area contributed by atoms with Crippen LogP contribution in [0.15, 0.2) is 59.5 Å². The predicted octanol–water partition coefficient (Wildman–Crippen LogP) is 2.81. The Bertz CT molecular complexity index is 1200. The average Bonchev–Trinajstić information content (AvgIpc) is 2.84. The van der Waals surface area contributed by atoms with E-state index in [-0.39, 0.29) is 18.0 Å². The van der Waals surface area contributed by atoms with Crippen molar-refractivity contribution in [3.63, 3.8) is 0 Å². The molecule has 1 aromatic heterocycles. The van der Waals surface area contributed by atoms with Gasteiger partial charge in [-0.3, -0.25) is 0 Å². The first-order chi connectivity index (χ1) is 15.4. The Balaban J connectivity index is 1.48. The largest absolute Gasteiger partial charge is 0.497 e. The van der Waals surface area contributed by atoms with E-state index in [2.05, 4.69) is 10.2 Å². The predicted molar refractivity (Wildman–Crippen MR) is 118 cm³/mol. The van der Waals surface area contributed by atoms with Crippen molar-refractivity contribution in [3.05, 3.63) is 60.4 Å². The molecule has 3 aromatic rings. The molecular weight excluding hydrogens is 435 g/mol. The minimum Gasteiger partial charge on any atom is -0.497 e. The van der Waals surface area contributed by atoms with Crippen molar-refractivity contribution in [2.45, 2.75) is 4.90 Å². The van der Waals surface area contributed by atoms with Crippen molar-refractivity contribution in [3.8, 4) is 22.8 Å². The second-order valence-corrected chi connectivity index (χ2v) is 9.07. The summed E-state index contributed by atoms with van der Waals surface area (Å²) in [4.78, 5) is 1.65. The third-order valence-corrected chi connectivity index (χ3v) is 7.28. The molecule has 32 heavy (non-hydrogen) atoms. The zero-order valence-electron chi connectivity index (χ0n) is 17.7. The number of sulfonamides is 1. The van der Waals surface area contributed by atoms with E-state index in [0.29, 0.717) is 36.1 Å². The molecule has 1 saturated heterocycles. The molecule has 2 heterocycles. The van der Waals surface area contributed by atoms with Crippen molar-refractivity contribution < 1.29 is 22.3 Å². The lowest BCUT2D eigenvalue weighted by atomic mass is 10.1. The summed E-state index contributed by atoms with van der Waals surface area (Å²) in [6.07, 6.45) is 0. The number of hydrogen-bond donors (Lipinski definition) is 0. The van der Waals surface area contributed by atoms with Crippen LogP contribution >= 0.6 is 0 Å². The second kappa shape index (κ2) is 9.09. The molecule has 8 nitrogen and oxygen atoms in total. The number of ether oxygens (including phenoxy) is 2. The van der Waals surface area contributed by atoms with Crippen LogP contribution in [-0.2, 0) is 10.0 Å². The molecule has 1 aliphatic heterocycles. The number of anilines is 1. The Hall–Kier alpha value is -3.24. The summed E-state index contributed by atoms with van der Waals surface area (Å²) in [6, 6.07) is 14.5. The van der Waals surface area contributed by atoms with Crippen LogP contribution < -0.4 is 14.4 Å². The van der Waals surface area contributed by atoms with Crippen LogP contribution in [0.5, 0.6) is 11.5 Å². The van der Waals surface area contributed by atoms with Gasteiger partial charge in [0, 0.05) is 31.7 Å². The number of benzene rings is 2. The number of aromatic nitrogens is 2. The second-order valence-electron chi connectivity index (χ2n) is 7.16. The van der Waals surface area contributed by atoms with Gasteiger partial charge in [0.2, 0.25) is 10.0 Å². The zero-order valence-corrected chi connectivity index (χ0v) is 18.5. The van der Waals surface area contributed by atoms with Gasteiger partial charge in [0.15, 0.2) is 5.82 Å². The van der Waals surface area contributed by atoms with E-state index in [4.69, 9.17) is 9.47 Å². The summed E-state index contributed by atoms with van der Waals surface area (Å²) in [6.45, 7) is 1.29. The van der Waals surface area contributed by atoms with Gasteiger partial charge in [-0.2, -0.15) is 4.31 Å². The molecule has 2 aromatic carbocycles. The first-order valence-corrected chi connectivity index (χ1v) is 11.4. The highest BCUT2D eigenvalue weighted by molar-refractivity contribution is 7.89. The standard InChI is InChI=1S/C22H23FN4O4S/c1-30-16-7-9-20(31-2)17(15-16)19-8-10-22(25-24-19)26-11-13-27(14-12-26)32(28,29)21-6-4-3-5-18(21)23/h3-10,15H,11-14H2,1-2H3. The number of halogens is 1. The number of methoxy groups -OCH3 is 2. The smallest absolute Gasteiger partial charge is 0.246 e. The Kier molecular flexibility index (Phi) is 6.24. The fourth-order valence-corrected chi connectivity index (χ4v) is 5.09. The molecule has 1 aliphatic rings. The molecule has 10 heteroatoms. The summed E-state index contributed by atoms with van der Waals surface area (Å²) >= 11 is 0. The van der Waals surface area contributed by atoms with E-state index in [1.807, 2.05) is 23.1 Å². The van der Waals surface area contributed by atoms with Gasteiger partial charge in [-0.1, -0.05) is 12.1 Å². The average molecular weight is 459 g/mol. The van der Waals surface area contributed by atoms with Gasteiger partial charge in [0.1, 0.15) is 22.2 Å². The fourth-order valence-electron chi connectivity index (χ4n) is 3.60. The van der Waals surface area contributed by atoms with E-state index in [1.165, 1.54) is 22.5 Å². The van der Waals surface area contributed by atoms with E-state index in [0.717, 1.165) is 11.6 Å². The minimum atomic E-state index is -3.89. The molecule has 0 amide bonds. The Morgan fingerprint density at radius 3 is 2.28 bits per heavy atom. The summed E-state index contributed by atoms with van der Waals surface area (Å²) in [5, 5.41) is 8.65. The molecule has 0 spiro atoms. The van der Waals surface area contributed by atoms with E-state index in [9.17, 15) is 12.8 Å². The molecule has 0 atom stereocenters. The molecule has 0 saturated carbocycles. The molecule has 1 fully saturated rings. The number of nitrogens with zero attached hydrogens (tertiary/aromatic N) is 4. The van der Waals surface area contributed by atoms with Gasteiger partial charge in [0.25, 0.3) is 0 Å². The molecular formula is C22H23FN4O4S. The van der Waals surface area contributed by atoms with Crippen molar-refractivity contribution in [1.82, 2.24) is 14.5 Å². The molecule has 0 unspecified atom stereocenters. The molecule has 0 radical (unpaired) electrons. The molecule has 0 aliphatic carbocycles. The van der Waals surface area contributed by atoms with Crippen molar-refractivity contribution in [1.29, 1.82) is 0 Å². The normalized spacial score (nSPS) is 14.9. The van der Waals surface area contributed by atoms with Crippen LogP contribution in [0.1, 0.15) is 0 Å². The topological polar surface area (TPSA) is 84.9 Å². The number of rotatable bonds is 6. The van der Waals surface area contributed by atoms with Gasteiger partial charge in [0.05, 0.1) is 19.9 Å². The highest BCUT2D eigenvalue weighted by Crippen LogP contribution is 2.32. The van der Waals surface area contributed by atoms with E-state index in [1.54, 1.807) is 26.4 Å². The van der Waals surface area contributed by atoms with Gasteiger partial charge >= 0.3 is 0 Å². The SMILES string of the molecule is COc1ccc(OC)c(-c2ccc(N3CCN(S(=O)(=O)c4ccccc4F)CC3)nn2)c1. The molecule has 0 bridgehead atoms. The van der Waals surface area contributed by atoms with E-state index >= 15 is 0 Å². The van der Waals surface area contributed by atoms with Crippen molar-refractivity contribution in [2.24, 2.45) is 0 Å². The first-order valence-electron chi connectivity index (χ1n) is 10.00. The third-order valence-electron chi connectivity index (χ3n) is 5.35. The molecule has 4 rings (SSSR count). The fraction of sp³-hybridized carbons (Fsp3) is 0.273. The van der Waals surface area contributed by atoms with Gasteiger partial charge in [-0.05, 0) is 42.5 Å². The third kappa shape index (κ3) is 4.23. The van der Waals surface area contributed by atoms with Crippen LogP contribution in [0.3, 0.4) is 0 Å². The van der Waals surface area contributed by atoms with Gasteiger partial charge in [-0.25, -0.2) is 12.8 Å². The summed E-state index contributed by atoms with van der Waals surface area (Å²) in [5.74, 6) is 1.22. The monoisotopic (exact) mass is 458 g/mol. The quantitative estimate of drug-likeness (QED) is 0.562. The maximum Gasteiger partial charge on any atom is 0.246 e.